The van der Waals surface area contributed by atoms with Crippen molar-refractivity contribution in [3.05, 3.63) is 60.7 Å². The number of carbonyl (C=O) groups is 1. The van der Waals surface area contributed by atoms with E-state index in [1.807, 2.05) is 6.07 Å². The van der Waals surface area contributed by atoms with Crippen molar-refractivity contribution >= 4 is 32.6 Å². The van der Waals surface area contributed by atoms with Crippen LogP contribution in [0.3, 0.4) is 0 Å². The first kappa shape index (κ1) is 21.5. The van der Waals surface area contributed by atoms with E-state index >= 15 is 0 Å². The van der Waals surface area contributed by atoms with Crippen molar-refractivity contribution in [3.8, 4) is 5.82 Å². The molecule has 1 aromatic carbocycles. The van der Waals surface area contributed by atoms with Crippen molar-refractivity contribution in [2.45, 2.75) is 24.2 Å². The number of benzene rings is 1. The van der Waals surface area contributed by atoms with Crippen molar-refractivity contribution in [2.24, 2.45) is 7.05 Å². The third-order valence-corrected chi connectivity index (χ3v) is 6.59. The summed E-state index contributed by atoms with van der Waals surface area (Å²) in [6.45, 7) is 3.47. The molecule has 0 saturated carbocycles. The zero-order valence-corrected chi connectivity index (χ0v) is 18.8. The maximum Gasteiger partial charge on any atom is 0.315 e. The van der Waals surface area contributed by atoms with Crippen molar-refractivity contribution < 1.29 is 17.9 Å². The van der Waals surface area contributed by atoms with Gasteiger partial charge in [-0.1, -0.05) is 12.1 Å². The molecule has 0 unspecified atom stereocenters. The number of aryl methyl sites for hydroxylation is 1. The van der Waals surface area contributed by atoms with Crippen LogP contribution in [0, 0.1) is 0 Å². The predicted molar refractivity (Wildman–Crippen MR) is 118 cm³/mol. The van der Waals surface area contributed by atoms with Crippen LogP contribution in [0.2, 0.25) is 0 Å². The SMILES string of the molecule is COC(=O)C(C)(C)c1ccnc(-n2cc(S(=O)(=O)Nc3cccc4cnn(C)c34)cn2)c1. The lowest BCUT2D eigenvalue weighted by atomic mass is 9.85. The van der Waals surface area contributed by atoms with Gasteiger partial charge in [-0.25, -0.2) is 18.1 Å². The minimum absolute atomic E-state index is 0.0314. The zero-order chi connectivity index (χ0) is 23.1. The van der Waals surface area contributed by atoms with Crippen LogP contribution < -0.4 is 4.72 Å². The van der Waals surface area contributed by atoms with Crippen molar-refractivity contribution in [3.63, 3.8) is 0 Å². The van der Waals surface area contributed by atoms with Crippen molar-refractivity contribution in [1.82, 2.24) is 24.5 Å². The standard InChI is InChI=1S/C21H22N6O4S/c1-21(2,20(28)31-4)15-8-9-22-18(10-15)27-13-16(12-24-27)32(29,30)25-17-7-5-6-14-11-23-26(3)19(14)17/h5-13,25H,1-4H3. The summed E-state index contributed by atoms with van der Waals surface area (Å²) in [4.78, 5) is 16.4. The van der Waals surface area contributed by atoms with Crippen LogP contribution in [-0.2, 0) is 32.0 Å². The van der Waals surface area contributed by atoms with E-state index in [0.29, 0.717) is 22.6 Å². The molecule has 11 heteroatoms. The van der Waals surface area contributed by atoms with Gasteiger partial charge in [-0.3, -0.25) is 14.2 Å². The fraction of sp³-hybridized carbons (Fsp3) is 0.238. The molecule has 0 saturated heterocycles. The summed E-state index contributed by atoms with van der Waals surface area (Å²) in [6, 6.07) is 8.66. The molecule has 0 radical (unpaired) electrons. The number of methoxy groups -OCH3 is 1. The number of fused-ring (bicyclic) bond motifs is 1. The zero-order valence-electron chi connectivity index (χ0n) is 18.0. The highest BCUT2D eigenvalue weighted by molar-refractivity contribution is 7.92. The fourth-order valence-corrected chi connectivity index (χ4v) is 4.39. The molecule has 0 atom stereocenters. The summed E-state index contributed by atoms with van der Waals surface area (Å²) >= 11 is 0. The van der Waals surface area contributed by atoms with Gasteiger partial charge in [0, 0.05) is 18.6 Å². The normalized spacial score (nSPS) is 12.1. The highest BCUT2D eigenvalue weighted by Gasteiger charge is 2.31. The molecule has 0 spiro atoms. The van der Waals surface area contributed by atoms with E-state index in [-0.39, 0.29) is 4.90 Å². The predicted octanol–water partition coefficient (Wildman–Crippen LogP) is 2.41. The van der Waals surface area contributed by atoms with Gasteiger partial charge in [0.05, 0.1) is 42.3 Å². The van der Waals surface area contributed by atoms with Crippen molar-refractivity contribution in [1.29, 1.82) is 0 Å². The second-order valence-corrected chi connectivity index (χ2v) is 9.44. The molecule has 4 aromatic rings. The summed E-state index contributed by atoms with van der Waals surface area (Å²) < 4.78 is 36.4. The molecule has 3 heterocycles. The third kappa shape index (κ3) is 3.71. The fourth-order valence-electron chi connectivity index (χ4n) is 3.40. The quantitative estimate of drug-likeness (QED) is 0.444. The lowest BCUT2D eigenvalue weighted by Gasteiger charge is -2.22. The number of carbonyl (C=O) groups excluding carboxylic acids is 1. The topological polar surface area (TPSA) is 121 Å². The molecule has 0 aliphatic heterocycles. The first-order valence-electron chi connectivity index (χ1n) is 9.67. The number of nitrogens with one attached hydrogen (secondary N) is 1. The van der Waals surface area contributed by atoms with Crippen LogP contribution in [-0.4, -0.2) is 46.0 Å². The monoisotopic (exact) mass is 454 g/mol. The Bertz CT molecular complexity index is 1420. The van der Waals surface area contributed by atoms with Gasteiger partial charge >= 0.3 is 5.97 Å². The highest BCUT2D eigenvalue weighted by atomic mass is 32.2. The maximum absolute atomic E-state index is 13.0. The van der Waals surface area contributed by atoms with Gasteiger partial charge in [-0.05, 0) is 37.6 Å². The number of anilines is 1. The van der Waals surface area contributed by atoms with Gasteiger partial charge in [0.2, 0.25) is 0 Å². The molecule has 0 fully saturated rings. The number of para-hydroxylation sites is 1. The minimum Gasteiger partial charge on any atom is -0.468 e. The molecule has 0 bridgehead atoms. The van der Waals surface area contributed by atoms with Crippen LogP contribution in [0.4, 0.5) is 5.69 Å². The van der Waals surface area contributed by atoms with E-state index in [4.69, 9.17) is 4.74 Å². The average Bonchev–Trinajstić information content (AvgIpc) is 3.41. The number of aromatic nitrogens is 5. The average molecular weight is 455 g/mol. The molecule has 4 rings (SSSR count). The summed E-state index contributed by atoms with van der Waals surface area (Å²) in [5, 5.41) is 9.14. The Morgan fingerprint density at radius 1 is 1.16 bits per heavy atom. The Balaban J connectivity index is 1.66. The number of ether oxygens (including phenoxy) is 1. The van der Waals surface area contributed by atoms with Gasteiger partial charge in [-0.2, -0.15) is 10.2 Å². The Morgan fingerprint density at radius 2 is 1.94 bits per heavy atom. The van der Waals surface area contributed by atoms with E-state index < -0.39 is 21.4 Å². The molecule has 32 heavy (non-hydrogen) atoms. The Kier molecular flexibility index (Phi) is 5.21. The third-order valence-electron chi connectivity index (χ3n) is 5.27. The van der Waals surface area contributed by atoms with Crippen LogP contribution in [0.5, 0.6) is 0 Å². The van der Waals surface area contributed by atoms with Crippen LogP contribution in [0.15, 0.2) is 60.0 Å². The largest absolute Gasteiger partial charge is 0.468 e. The van der Waals surface area contributed by atoms with E-state index in [2.05, 4.69) is 19.9 Å². The van der Waals surface area contributed by atoms with E-state index in [1.165, 1.54) is 30.4 Å². The number of nitrogens with zero attached hydrogens (tertiary/aromatic N) is 5. The number of rotatable bonds is 6. The van der Waals surface area contributed by atoms with Gasteiger partial charge in [0.1, 0.15) is 4.90 Å². The Morgan fingerprint density at radius 3 is 2.69 bits per heavy atom. The molecular formula is C21H22N6O4S. The molecule has 1 N–H and O–H groups in total. The smallest absolute Gasteiger partial charge is 0.315 e. The summed E-state index contributed by atoms with van der Waals surface area (Å²) in [5.41, 5.74) is 0.839. The Hall–Kier alpha value is -3.73. The lowest BCUT2D eigenvalue weighted by Crippen LogP contribution is -2.30. The van der Waals surface area contributed by atoms with Crippen molar-refractivity contribution in [2.75, 3.05) is 11.8 Å². The highest BCUT2D eigenvalue weighted by Crippen LogP contribution is 2.27. The molecule has 0 aliphatic carbocycles. The Labute approximate surface area is 184 Å². The number of hydrogen-bond donors (Lipinski definition) is 1. The molecule has 166 valence electrons. The van der Waals surface area contributed by atoms with E-state index in [1.54, 1.807) is 56.0 Å². The second-order valence-electron chi connectivity index (χ2n) is 7.76. The summed E-state index contributed by atoms with van der Waals surface area (Å²) in [6.07, 6.45) is 5.81. The summed E-state index contributed by atoms with van der Waals surface area (Å²) in [7, 11) is -0.847. The molecule has 0 amide bonds. The number of esters is 1. The lowest BCUT2D eigenvalue weighted by molar-refractivity contribution is -0.146. The molecule has 10 nitrogen and oxygen atoms in total. The van der Waals surface area contributed by atoms with E-state index in [9.17, 15) is 13.2 Å². The molecule has 0 aliphatic rings. The molecule has 3 aromatic heterocycles. The summed E-state index contributed by atoms with van der Waals surface area (Å²) in [5.74, 6) is -0.0263. The van der Waals surface area contributed by atoms with Gasteiger partial charge in [0.25, 0.3) is 10.0 Å². The second kappa shape index (κ2) is 7.75. The van der Waals surface area contributed by atoms with Crippen LogP contribution in [0.25, 0.3) is 16.7 Å². The van der Waals surface area contributed by atoms with E-state index in [0.717, 1.165) is 5.39 Å². The van der Waals surface area contributed by atoms with Gasteiger partial charge in [0.15, 0.2) is 5.82 Å². The number of hydrogen-bond acceptors (Lipinski definition) is 7. The van der Waals surface area contributed by atoms with Crippen LogP contribution in [0.1, 0.15) is 19.4 Å². The maximum atomic E-state index is 13.0. The molecular weight excluding hydrogens is 432 g/mol. The van der Waals surface area contributed by atoms with Gasteiger partial charge in [-0.15, -0.1) is 0 Å². The minimum atomic E-state index is -3.92. The first-order valence-corrected chi connectivity index (χ1v) is 11.2. The number of sulfonamides is 1. The van der Waals surface area contributed by atoms with Gasteiger partial charge < -0.3 is 4.74 Å². The van der Waals surface area contributed by atoms with Crippen LogP contribution >= 0.6 is 0 Å². The number of pyridine rings is 1. The first-order chi connectivity index (χ1) is 15.1.